The highest BCUT2D eigenvalue weighted by atomic mass is 16.6. The van der Waals surface area contributed by atoms with Gasteiger partial charge in [0.2, 0.25) is 0 Å². The van der Waals surface area contributed by atoms with Crippen LogP contribution < -0.4 is 5.32 Å². The summed E-state index contributed by atoms with van der Waals surface area (Å²) in [5.74, 6) is -0.885. The lowest BCUT2D eigenvalue weighted by molar-refractivity contribution is -0.384. The molecule has 0 aromatic heterocycles. The molecule has 0 atom stereocenters. The summed E-state index contributed by atoms with van der Waals surface area (Å²) in [5.41, 5.74) is 4.37. The van der Waals surface area contributed by atoms with Crippen LogP contribution in [0.4, 0.5) is 11.4 Å². The Morgan fingerprint density at radius 1 is 0.875 bits per heavy atom. The molecule has 7 nitrogen and oxygen atoms in total. The first-order chi connectivity index (χ1) is 15.3. The fourth-order valence-electron chi connectivity index (χ4n) is 3.58. The van der Waals surface area contributed by atoms with Gasteiger partial charge in [-0.15, -0.1) is 0 Å². The highest BCUT2D eigenvalue weighted by Crippen LogP contribution is 2.32. The first-order valence-electron chi connectivity index (χ1n) is 10.1. The van der Waals surface area contributed by atoms with Gasteiger partial charge in [0.05, 0.1) is 17.0 Å². The van der Waals surface area contributed by atoms with Gasteiger partial charge in [-0.25, -0.2) is 0 Å². The predicted octanol–water partition coefficient (Wildman–Crippen LogP) is 4.60. The minimum Gasteiger partial charge on any atom is -0.350 e. The molecule has 160 valence electrons. The normalized spacial score (nSPS) is 13.6. The lowest BCUT2D eigenvalue weighted by Gasteiger charge is -2.15. The number of nitrogens with one attached hydrogen (secondary N) is 1. The van der Waals surface area contributed by atoms with Crippen molar-refractivity contribution in [1.82, 2.24) is 4.90 Å². The molecule has 1 aliphatic rings. The molecule has 4 rings (SSSR count). The standard InChI is InChI=1S/C25H21N3O4/c1-16-8-11-20(14-17(16)2)26-23-22(19-9-12-21(13-10-19)28(31)32)24(29)27(25(23)30)15-18-6-4-3-5-7-18/h3-14,26H,15H2,1-2H3. The smallest absolute Gasteiger partial charge is 0.278 e. The Bertz CT molecular complexity index is 1250. The second-order valence-corrected chi connectivity index (χ2v) is 7.66. The molecule has 0 saturated heterocycles. The van der Waals surface area contributed by atoms with Gasteiger partial charge in [0.25, 0.3) is 17.5 Å². The lowest BCUT2D eigenvalue weighted by Crippen LogP contribution is -2.32. The zero-order valence-corrected chi connectivity index (χ0v) is 17.7. The van der Waals surface area contributed by atoms with Crippen molar-refractivity contribution >= 4 is 28.8 Å². The largest absolute Gasteiger partial charge is 0.350 e. The van der Waals surface area contributed by atoms with Crippen LogP contribution >= 0.6 is 0 Å². The monoisotopic (exact) mass is 427 g/mol. The molecule has 7 heteroatoms. The molecule has 32 heavy (non-hydrogen) atoms. The van der Waals surface area contributed by atoms with Gasteiger partial charge < -0.3 is 5.32 Å². The topological polar surface area (TPSA) is 92.6 Å². The summed E-state index contributed by atoms with van der Waals surface area (Å²) < 4.78 is 0. The number of carbonyl (C=O) groups is 2. The number of hydrogen-bond acceptors (Lipinski definition) is 5. The number of benzene rings is 3. The number of rotatable bonds is 6. The number of hydrogen-bond donors (Lipinski definition) is 1. The maximum Gasteiger partial charge on any atom is 0.278 e. The Morgan fingerprint density at radius 3 is 2.19 bits per heavy atom. The van der Waals surface area contributed by atoms with Crippen LogP contribution in [0.25, 0.3) is 5.57 Å². The predicted molar refractivity (Wildman–Crippen MR) is 122 cm³/mol. The Hall–Kier alpha value is -4.26. The first-order valence-corrected chi connectivity index (χ1v) is 10.1. The maximum atomic E-state index is 13.3. The van der Waals surface area contributed by atoms with Gasteiger partial charge in [0, 0.05) is 17.8 Å². The number of aryl methyl sites for hydroxylation is 2. The van der Waals surface area contributed by atoms with Crippen LogP contribution in [0.3, 0.4) is 0 Å². The van der Waals surface area contributed by atoms with E-state index in [1.807, 2.05) is 62.4 Å². The van der Waals surface area contributed by atoms with E-state index in [9.17, 15) is 19.7 Å². The van der Waals surface area contributed by atoms with Crippen LogP contribution in [-0.4, -0.2) is 21.6 Å². The van der Waals surface area contributed by atoms with E-state index in [0.717, 1.165) is 16.7 Å². The Morgan fingerprint density at radius 2 is 1.56 bits per heavy atom. The zero-order valence-electron chi connectivity index (χ0n) is 17.7. The third-order valence-corrected chi connectivity index (χ3v) is 5.49. The van der Waals surface area contributed by atoms with Crippen LogP contribution in [-0.2, 0) is 16.1 Å². The highest BCUT2D eigenvalue weighted by molar-refractivity contribution is 6.36. The van der Waals surface area contributed by atoms with E-state index in [0.29, 0.717) is 11.3 Å². The number of carbonyl (C=O) groups excluding carboxylic acids is 2. The molecule has 0 fully saturated rings. The fourth-order valence-corrected chi connectivity index (χ4v) is 3.58. The Kier molecular flexibility index (Phi) is 5.55. The van der Waals surface area contributed by atoms with Crippen molar-refractivity contribution in [3.63, 3.8) is 0 Å². The summed E-state index contributed by atoms with van der Waals surface area (Å²) in [6.45, 7) is 4.09. The fraction of sp³-hybridized carbons (Fsp3) is 0.120. The molecular formula is C25H21N3O4. The van der Waals surface area contributed by atoms with E-state index in [-0.39, 0.29) is 23.5 Å². The molecule has 0 radical (unpaired) electrons. The second-order valence-electron chi connectivity index (χ2n) is 7.66. The van der Waals surface area contributed by atoms with Gasteiger partial charge >= 0.3 is 0 Å². The zero-order chi connectivity index (χ0) is 22.8. The SMILES string of the molecule is Cc1ccc(NC2=C(c3ccc([N+](=O)[O-])cc3)C(=O)N(Cc3ccccc3)C2=O)cc1C. The average molecular weight is 427 g/mol. The molecule has 0 spiro atoms. The molecule has 1 heterocycles. The molecule has 1 N–H and O–H groups in total. The van der Waals surface area contributed by atoms with Crippen molar-refractivity contribution in [1.29, 1.82) is 0 Å². The Balaban J connectivity index is 1.76. The van der Waals surface area contributed by atoms with Gasteiger partial charge in [-0.1, -0.05) is 36.4 Å². The second kappa shape index (κ2) is 8.47. The van der Waals surface area contributed by atoms with Gasteiger partial charge in [-0.3, -0.25) is 24.6 Å². The Labute approximate surface area is 185 Å². The lowest BCUT2D eigenvalue weighted by atomic mass is 10.0. The number of non-ortho nitro benzene ring substituents is 1. The van der Waals surface area contributed by atoms with E-state index in [1.165, 1.54) is 29.2 Å². The van der Waals surface area contributed by atoms with Crippen LogP contribution in [0.2, 0.25) is 0 Å². The molecule has 0 unspecified atom stereocenters. The maximum absolute atomic E-state index is 13.3. The van der Waals surface area contributed by atoms with Crippen LogP contribution in [0.1, 0.15) is 22.3 Å². The third kappa shape index (κ3) is 4.00. The average Bonchev–Trinajstić information content (AvgIpc) is 3.01. The van der Waals surface area contributed by atoms with Crippen molar-refractivity contribution in [2.24, 2.45) is 0 Å². The minimum atomic E-state index is -0.504. The van der Waals surface area contributed by atoms with Crippen LogP contribution in [0.15, 0.2) is 78.5 Å². The summed E-state index contributed by atoms with van der Waals surface area (Å²) in [6.07, 6.45) is 0. The number of nitro groups is 1. The molecule has 0 aliphatic carbocycles. The third-order valence-electron chi connectivity index (χ3n) is 5.49. The molecule has 0 saturated carbocycles. The summed E-state index contributed by atoms with van der Waals surface area (Å²) >= 11 is 0. The molecular weight excluding hydrogens is 406 g/mol. The molecule has 2 amide bonds. The van der Waals surface area contributed by atoms with Crippen molar-refractivity contribution in [2.45, 2.75) is 20.4 Å². The van der Waals surface area contributed by atoms with E-state index in [2.05, 4.69) is 5.32 Å². The number of amides is 2. The van der Waals surface area contributed by atoms with Crippen molar-refractivity contribution < 1.29 is 14.5 Å². The quantitative estimate of drug-likeness (QED) is 0.352. The number of nitrogens with zero attached hydrogens (tertiary/aromatic N) is 2. The summed E-state index contributed by atoms with van der Waals surface area (Å²) in [7, 11) is 0. The van der Waals surface area contributed by atoms with Gasteiger partial charge in [-0.05, 0) is 60.4 Å². The summed E-state index contributed by atoms with van der Waals surface area (Å²) in [4.78, 5) is 38.4. The molecule has 3 aromatic rings. The molecule has 3 aromatic carbocycles. The number of imide groups is 1. The number of nitro benzene ring substituents is 1. The van der Waals surface area contributed by atoms with E-state index in [4.69, 9.17) is 0 Å². The number of anilines is 1. The summed E-state index contributed by atoms with van der Waals surface area (Å²) in [5, 5.41) is 14.1. The molecule has 1 aliphatic heterocycles. The summed E-state index contributed by atoms with van der Waals surface area (Å²) in [6, 6.07) is 20.6. The first kappa shape index (κ1) is 21.0. The van der Waals surface area contributed by atoms with Crippen LogP contribution in [0, 0.1) is 24.0 Å². The van der Waals surface area contributed by atoms with E-state index < -0.39 is 16.7 Å². The van der Waals surface area contributed by atoms with Crippen molar-refractivity contribution in [3.05, 3.63) is 111 Å². The highest BCUT2D eigenvalue weighted by Gasteiger charge is 2.39. The van der Waals surface area contributed by atoms with Crippen molar-refractivity contribution in [2.75, 3.05) is 5.32 Å². The molecule has 0 bridgehead atoms. The van der Waals surface area contributed by atoms with Gasteiger partial charge in [-0.2, -0.15) is 0 Å². The minimum absolute atomic E-state index is 0.0871. The van der Waals surface area contributed by atoms with Gasteiger partial charge in [0.15, 0.2) is 0 Å². The van der Waals surface area contributed by atoms with Crippen molar-refractivity contribution in [3.8, 4) is 0 Å². The van der Waals surface area contributed by atoms with E-state index in [1.54, 1.807) is 0 Å². The van der Waals surface area contributed by atoms with E-state index >= 15 is 0 Å². The van der Waals surface area contributed by atoms with Crippen LogP contribution in [0.5, 0.6) is 0 Å². The van der Waals surface area contributed by atoms with Gasteiger partial charge in [0.1, 0.15) is 5.70 Å².